The number of carbonyl (C=O) groups excluding carboxylic acids is 2. The van der Waals surface area contributed by atoms with Crippen molar-refractivity contribution < 1.29 is 19.4 Å². The Morgan fingerprint density at radius 3 is 2.37 bits per heavy atom. The molecule has 0 bridgehead atoms. The molecule has 0 aliphatic rings. The molecule has 8 nitrogen and oxygen atoms in total. The molecular formula is C27H52N4O4. The molecule has 1 heterocycles. The Kier molecular flexibility index (Phi) is 21.3. The number of aromatic nitrogens is 3. The first-order valence-electron chi connectivity index (χ1n) is 13.1. The molecule has 0 fully saturated rings. The van der Waals surface area contributed by atoms with E-state index in [0.717, 1.165) is 44.4 Å². The Morgan fingerprint density at radius 2 is 1.86 bits per heavy atom. The Balaban J connectivity index is 0. The SMILES string of the molecule is CC.CC(=O)/C=C/C(=O)NCCCCc1cn(CC(C)(C)OCCC(C)C)nn1.CCC(C)CO. The molecule has 1 amide bonds. The van der Waals surface area contributed by atoms with Gasteiger partial charge in [0.15, 0.2) is 5.78 Å². The van der Waals surface area contributed by atoms with Gasteiger partial charge in [0, 0.05) is 32.0 Å². The molecule has 204 valence electrons. The van der Waals surface area contributed by atoms with E-state index in [4.69, 9.17) is 9.84 Å². The molecule has 0 spiro atoms. The molecule has 8 heteroatoms. The fraction of sp³-hybridized carbons (Fsp3) is 0.778. The van der Waals surface area contributed by atoms with Gasteiger partial charge in [-0.05, 0) is 64.4 Å². The number of carbonyl (C=O) groups is 2. The second kappa shape index (κ2) is 21.2. The van der Waals surface area contributed by atoms with E-state index < -0.39 is 0 Å². The number of rotatable bonds is 15. The number of aliphatic hydroxyl groups excluding tert-OH is 1. The van der Waals surface area contributed by atoms with E-state index in [9.17, 15) is 9.59 Å². The van der Waals surface area contributed by atoms with Crippen molar-refractivity contribution in [1.82, 2.24) is 20.3 Å². The van der Waals surface area contributed by atoms with E-state index in [2.05, 4.69) is 50.2 Å². The van der Waals surface area contributed by atoms with Crippen molar-refractivity contribution in [2.75, 3.05) is 19.8 Å². The maximum atomic E-state index is 11.4. The van der Waals surface area contributed by atoms with Gasteiger partial charge in [0.1, 0.15) is 0 Å². The number of unbranched alkanes of at least 4 members (excludes halogenated alkanes) is 1. The van der Waals surface area contributed by atoms with Crippen molar-refractivity contribution in [3.8, 4) is 0 Å². The number of ketones is 1. The quantitative estimate of drug-likeness (QED) is 0.268. The molecule has 1 unspecified atom stereocenters. The van der Waals surface area contributed by atoms with Crippen LogP contribution in [0.25, 0.3) is 0 Å². The predicted molar refractivity (Wildman–Crippen MR) is 143 cm³/mol. The van der Waals surface area contributed by atoms with Crippen LogP contribution in [0, 0.1) is 11.8 Å². The summed E-state index contributed by atoms with van der Waals surface area (Å²) in [6.07, 6.45) is 9.18. The van der Waals surface area contributed by atoms with Crippen molar-refractivity contribution in [1.29, 1.82) is 0 Å². The summed E-state index contributed by atoms with van der Waals surface area (Å²) in [6, 6.07) is 0. The number of hydrogen-bond donors (Lipinski definition) is 2. The van der Waals surface area contributed by atoms with Crippen LogP contribution in [0.4, 0.5) is 0 Å². The van der Waals surface area contributed by atoms with Crippen LogP contribution < -0.4 is 5.32 Å². The van der Waals surface area contributed by atoms with Crippen LogP contribution in [-0.2, 0) is 27.3 Å². The highest BCUT2D eigenvalue weighted by Gasteiger charge is 2.20. The van der Waals surface area contributed by atoms with Crippen molar-refractivity contribution in [3.63, 3.8) is 0 Å². The van der Waals surface area contributed by atoms with E-state index in [-0.39, 0.29) is 17.3 Å². The van der Waals surface area contributed by atoms with Gasteiger partial charge in [-0.15, -0.1) is 5.10 Å². The summed E-state index contributed by atoms with van der Waals surface area (Å²) in [7, 11) is 0. The molecule has 0 aromatic carbocycles. The average Bonchev–Trinajstić information content (AvgIpc) is 3.24. The second-order valence-corrected chi connectivity index (χ2v) is 9.59. The Hall–Kier alpha value is -2.06. The highest BCUT2D eigenvalue weighted by molar-refractivity contribution is 5.96. The highest BCUT2D eigenvalue weighted by Crippen LogP contribution is 2.14. The fourth-order valence-electron chi connectivity index (χ4n) is 2.56. The lowest BCUT2D eigenvalue weighted by atomic mass is 10.1. The number of nitrogens with zero attached hydrogens (tertiary/aromatic N) is 3. The van der Waals surface area contributed by atoms with Gasteiger partial charge in [-0.3, -0.25) is 9.59 Å². The van der Waals surface area contributed by atoms with Crippen LogP contribution in [0.1, 0.15) is 93.7 Å². The minimum absolute atomic E-state index is 0.137. The number of nitrogens with one attached hydrogen (secondary N) is 1. The molecule has 0 saturated heterocycles. The Labute approximate surface area is 213 Å². The van der Waals surface area contributed by atoms with Gasteiger partial charge >= 0.3 is 0 Å². The lowest BCUT2D eigenvalue weighted by Gasteiger charge is -2.25. The van der Waals surface area contributed by atoms with Crippen molar-refractivity contribution >= 4 is 11.7 Å². The minimum Gasteiger partial charge on any atom is -0.396 e. The van der Waals surface area contributed by atoms with Gasteiger partial charge in [-0.25, -0.2) is 4.68 Å². The number of ether oxygens (including phenoxy) is 1. The molecule has 0 saturated carbocycles. The maximum absolute atomic E-state index is 11.4. The van der Waals surface area contributed by atoms with Crippen molar-refractivity contribution in [2.24, 2.45) is 11.8 Å². The van der Waals surface area contributed by atoms with Crippen LogP contribution in [-0.4, -0.2) is 57.2 Å². The zero-order valence-electron chi connectivity index (χ0n) is 23.8. The highest BCUT2D eigenvalue weighted by atomic mass is 16.5. The van der Waals surface area contributed by atoms with Gasteiger partial charge in [0.25, 0.3) is 0 Å². The summed E-state index contributed by atoms with van der Waals surface area (Å²) < 4.78 is 7.80. The van der Waals surface area contributed by atoms with Crippen LogP contribution in [0.5, 0.6) is 0 Å². The summed E-state index contributed by atoms with van der Waals surface area (Å²) in [4.78, 5) is 22.2. The maximum Gasteiger partial charge on any atom is 0.244 e. The number of amides is 1. The minimum atomic E-state index is -0.280. The van der Waals surface area contributed by atoms with Crippen LogP contribution in [0.15, 0.2) is 18.3 Å². The first-order chi connectivity index (χ1) is 16.5. The molecule has 1 rings (SSSR count). The van der Waals surface area contributed by atoms with Gasteiger partial charge in [-0.1, -0.05) is 53.2 Å². The van der Waals surface area contributed by atoms with Crippen LogP contribution >= 0.6 is 0 Å². The zero-order valence-corrected chi connectivity index (χ0v) is 23.8. The second-order valence-electron chi connectivity index (χ2n) is 9.59. The van der Waals surface area contributed by atoms with E-state index >= 15 is 0 Å². The monoisotopic (exact) mass is 496 g/mol. The van der Waals surface area contributed by atoms with E-state index in [0.29, 0.717) is 31.5 Å². The van der Waals surface area contributed by atoms with Crippen molar-refractivity contribution in [3.05, 3.63) is 24.0 Å². The summed E-state index contributed by atoms with van der Waals surface area (Å²) in [5, 5.41) is 19.5. The molecule has 0 radical (unpaired) electrons. The average molecular weight is 497 g/mol. The first kappa shape index (κ1) is 35.1. The molecule has 0 aliphatic heterocycles. The largest absolute Gasteiger partial charge is 0.396 e. The standard InChI is InChI=1S/C20H34N4O3.C5H12O.C2H6/c1-16(2)11-13-27-20(4,5)15-24-14-18(22-23-24)8-6-7-12-21-19(26)10-9-17(3)25;1-3-5(2)4-6;1-2/h9-10,14,16H,6-8,11-13,15H2,1-5H3,(H,21,26);5-6H,3-4H2,1-2H3;1-2H3/b10-9+;;. The topological polar surface area (TPSA) is 106 Å². The normalized spacial score (nSPS) is 12.0. The fourth-order valence-corrected chi connectivity index (χ4v) is 2.56. The molecule has 2 N–H and O–H groups in total. The summed E-state index contributed by atoms with van der Waals surface area (Å²) in [5.41, 5.74) is 0.660. The Morgan fingerprint density at radius 1 is 1.20 bits per heavy atom. The van der Waals surface area contributed by atoms with Gasteiger partial charge in [0.05, 0.1) is 17.8 Å². The molecule has 1 aromatic rings. The molecule has 35 heavy (non-hydrogen) atoms. The summed E-state index contributed by atoms with van der Waals surface area (Å²) in [6.45, 7) is 20.3. The smallest absolute Gasteiger partial charge is 0.244 e. The molecule has 1 atom stereocenters. The summed E-state index contributed by atoms with van der Waals surface area (Å²) >= 11 is 0. The third-order valence-corrected chi connectivity index (χ3v) is 4.95. The van der Waals surface area contributed by atoms with Gasteiger partial charge in [0.2, 0.25) is 5.91 Å². The summed E-state index contributed by atoms with van der Waals surface area (Å²) in [5.74, 6) is 0.747. The number of aryl methyl sites for hydroxylation is 1. The van der Waals surface area contributed by atoms with Gasteiger partial charge < -0.3 is 15.2 Å². The predicted octanol–water partition coefficient (Wildman–Crippen LogP) is 4.75. The third kappa shape index (κ3) is 22.2. The van der Waals surface area contributed by atoms with Crippen LogP contribution in [0.2, 0.25) is 0 Å². The van der Waals surface area contributed by atoms with E-state index in [1.807, 2.05) is 31.6 Å². The number of allylic oxidation sites excluding steroid dienone is 1. The Bertz CT molecular complexity index is 695. The van der Waals surface area contributed by atoms with Crippen LogP contribution in [0.3, 0.4) is 0 Å². The first-order valence-corrected chi connectivity index (χ1v) is 13.1. The van der Waals surface area contributed by atoms with E-state index in [1.165, 1.54) is 19.1 Å². The third-order valence-electron chi connectivity index (χ3n) is 4.95. The molecular weight excluding hydrogens is 444 g/mol. The lowest BCUT2D eigenvalue weighted by molar-refractivity contribution is -0.117. The van der Waals surface area contributed by atoms with Gasteiger partial charge in [-0.2, -0.15) is 0 Å². The zero-order chi connectivity index (χ0) is 27.3. The van der Waals surface area contributed by atoms with Crippen molar-refractivity contribution in [2.45, 2.75) is 107 Å². The number of hydrogen-bond acceptors (Lipinski definition) is 6. The molecule has 1 aromatic heterocycles. The lowest BCUT2D eigenvalue weighted by Crippen LogP contribution is -2.31. The molecule has 0 aliphatic carbocycles. The van der Waals surface area contributed by atoms with E-state index in [1.54, 1.807) is 0 Å². The number of aliphatic hydroxyl groups is 1.